The number of phenolic OH excluding ortho intramolecular Hbond substituents is 1. The Bertz CT molecular complexity index is 1010. The Morgan fingerprint density at radius 3 is 2.74 bits per heavy atom. The highest BCUT2D eigenvalue weighted by Gasteiger charge is 2.26. The minimum atomic E-state index is -0.252. The molecule has 0 spiro atoms. The van der Waals surface area contributed by atoms with Gasteiger partial charge in [0.1, 0.15) is 17.6 Å². The Morgan fingerprint density at radius 1 is 1.00 bits per heavy atom. The summed E-state index contributed by atoms with van der Waals surface area (Å²) in [6.07, 6.45) is 8.31. The number of aromatic hydroxyl groups is 1. The van der Waals surface area contributed by atoms with Crippen LogP contribution in [0.3, 0.4) is 0 Å². The summed E-state index contributed by atoms with van der Waals surface area (Å²) < 4.78 is 24.6. The van der Waals surface area contributed by atoms with E-state index < -0.39 is 0 Å². The molecule has 1 aliphatic carbocycles. The standard InChI is InChI=1S/C30H38FNO3/c31-15-3-16-32-17-13-27(21-32)35-26-10-7-23(8-11-26)30-28(22-5-2-18-34-19-14-22)6-1-4-24-20-25(33)9-12-29(24)30/h7-12,20,22,27,33H,1-6,13-19,21H2/t22?,27-/m0/s1. The van der Waals surface area contributed by atoms with E-state index in [0.29, 0.717) is 18.1 Å². The first kappa shape index (κ1) is 24.3. The Balaban J connectivity index is 1.42. The maximum absolute atomic E-state index is 12.5. The number of alkyl halides is 1. The molecule has 2 fully saturated rings. The van der Waals surface area contributed by atoms with Crippen LogP contribution in [0.25, 0.3) is 5.57 Å². The fourth-order valence-electron chi connectivity index (χ4n) is 6.07. The highest BCUT2D eigenvalue weighted by molar-refractivity contribution is 5.85. The average molecular weight is 480 g/mol. The third kappa shape index (κ3) is 5.90. The number of hydrogen-bond acceptors (Lipinski definition) is 4. The normalized spacial score (nSPS) is 23.6. The van der Waals surface area contributed by atoms with Crippen LogP contribution >= 0.6 is 0 Å². The molecule has 2 atom stereocenters. The summed E-state index contributed by atoms with van der Waals surface area (Å²) in [7, 11) is 0. The molecular formula is C30H38FNO3. The topological polar surface area (TPSA) is 41.9 Å². The van der Waals surface area contributed by atoms with Crippen LogP contribution in [0.1, 0.15) is 61.6 Å². The SMILES string of the molecule is Oc1ccc2c(c1)CCCC(C1CCCOCC1)=C2c1ccc(O[C@H]2CCN(CCCF)C2)cc1. The van der Waals surface area contributed by atoms with E-state index in [9.17, 15) is 9.50 Å². The first-order chi connectivity index (χ1) is 17.2. The van der Waals surface area contributed by atoms with E-state index in [1.807, 2.05) is 12.1 Å². The molecule has 1 N–H and O–H groups in total. The molecule has 1 unspecified atom stereocenters. The van der Waals surface area contributed by atoms with Gasteiger partial charge in [-0.15, -0.1) is 0 Å². The summed E-state index contributed by atoms with van der Waals surface area (Å²) in [6, 6.07) is 14.5. The van der Waals surface area contributed by atoms with Crippen molar-refractivity contribution in [1.29, 1.82) is 0 Å². The van der Waals surface area contributed by atoms with Gasteiger partial charge in [0.2, 0.25) is 0 Å². The monoisotopic (exact) mass is 479 g/mol. The summed E-state index contributed by atoms with van der Waals surface area (Å²) in [5.74, 6) is 1.78. The second-order valence-electron chi connectivity index (χ2n) is 10.2. The largest absolute Gasteiger partial charge is 0.508 e. The van der Waals surface area contributed by atoms with Crippen molar-refractivity contribution in [2.45, 2.75) is 57.5 Å². The number of fused-ring (bicyclic) bond motifs is 1. The summed E-state index contributed by atoms with van der Waals surface area (Å²) >= 11 is 0. The fourth-order valence-corrected chi connectivity index (χ4v) is 6.07. The lowest BCUT2D eigenvalue weighted by Gasteiger charge is -2.23. The quantitative estimate of drug-likeness (QED) is 0.516. The summed E-state index contributed by atoms with van der Waals surface area (Å²) in [5, 5.41) is 10.2. The van der Waals surface area contributed by atoms with Gasteiger partial charge in [-0.25, -0.2) is 0 Å². The molecule has 0 bridgehead atoms. The number of allylic oxidation sites excluding steroid dienone is 1. The lowest BCUT2D eigenvalue weighted by atomic mass is 9.82. The maximum atomic E-state index is 12.5. The lowest BCUT2D eigenvalue weighted by Crippen LogP contribution is -2.26. The van der Waals surface area contributed by atoms with Crippen molar-refractivity contribution in [2.75, 3.05) is 39.5 Å². The van der Waals surface area contributed by atoms with Crippen LogP contribution in [0.15, 0.2) is 48.0 Å². The number of ether oxygens (including phenoxy) is 2. The van der Waals surface area contributed by atoms with E-state index in [1.165, 1.54) is 28.7 Å². The smallest absolute Gasteiger partial charge is 0.119 e. The molecule has 5 rings (SSSR count). The number of phenols is 1. The first-order valence-corrected chi connectivity index (χ1v) is 13.4. The van der Waals surface area contributed by atoms with Gasteiger partial charge in [-0.2, -0.15) is 0 Å². The molecule has 0 saturated carbocycles. The summed E-state index contributed by atoms with van der Waals surface area (Å²) in [4.78, 5) is 2.30. The molecule has 0 amide bonds. The Morgan fingerprint density at radius 2 is 1.89 bits per heavy atom. The van der Waals surface area contributed by atoms with Crippen molar-refractivity contribution in [2.24, 2.45) is 5.92 Å². The molecule has 35 heavy (non-hydrogen) atoms. The van der Waals surface area contributed by atoms with Crippen molar-refractivity contribution >= 4 is 5.57 Å². The minimum Gasteiger partial charge on any atom is -0.508 e. The van der Waals surface area contributed by atoms with Crippen LogP contribution in [-0.4, -0.2) is 55.6 Å². The fraction of sp³-hybridized carbons (Fsp3) is 0.533. The van der Waals surface area contributed by atoms with Gasteiger partial charge in [-0.1, -0.05) is 23.8 Å². The number of aryl methyl sites for hydroxylation is 1. The van der Waals surface area contributed by atoms with E-state index in [4.69, 9.17) is 9.47 Å². The predicted octanol–water partition coefficient (Wildman–Crippen LogP) is 6.16. The van der Waals surface area contributed by atoms with Gasteiger partial charge in [-0.3, -0.25) is 9.29 Å². The minimum absolute atomic E-state index is 0.169. The molecular weight excluding hydrogens is 441 g/mol. The molecule has 188 valence electrons. The van der Waals surface area contributed by atoms with E-state index in [-0.39, 0.29) is 12.8 Å². The van der Waals surface area contributed by atoms with Crippen LogP contribution in [0, 0.1) is 5.92 Å². The van der Waals surface area contributed by atoms with Gasteiger partial charge in [0.15, 0.2) is 0 Å². The van der Waals surface area contributed by atoms with E-state index in [1.54, 1.807) is 5.57 Å². The van der Waals surface area contributed by atoms with Gasteiger partial charge in [-0.05, 0) is 104 Å². The highest BCUT2D eigenvalue weighted by Crippen LogP contribution is 2.42. The number of halogens is 1. The summed E-state index contributed by atoms with van der Waals surface area (Å²) in [5.41, 5.74) is 6.61. The first-order valence-electron chi connectivity index (χ1n) is 13.4. The Labute approximate surface area is 208 Å². The third-order valence-corrected chi connectivity index (χ3v) is 7.80. The van der Waals surface area contributed by atoms with Crippen molar-refractivity contribution in [3.8, 4) is 11.5 Å². The Kier molecular flexibility index (Phi) is 8.05. The van der Waals surface area contributed by atoms with Crippen LogP contribution in [-0.2, 0) is 11.2 Å². The van der Waals surface area contributed by atoms with Crippen LogP contribution in [0.2, 0.25) is 0 Å². The molecule has 2 aromatic rings. The molecule has 3 aliphatic rings. The number of benzene rings is 2. The zero-order valence-electron chi connectivity index (χ0n) is 20.7. The molecule has 2 saturated heterocycles. The number of rotatable bonds is 7. The predicted molar refractivity (Wildman–Crippen MR) is 138 cm³/mol. The summed E-state index contributed by atoms with van der Waals surface area (Å²) in [6.45, 7) is 4.11. The van der Waals surface area contributed by atoms with Crippen LogP contribution < -0.4 is 4.74 Å². The van der Waals surface area contributed by atoms with Crippen LogP contribution in [0.4, 0.5) is 4.39 Å². The maximum Gasteiger partial charge on any atom is 0.119 e. The van der Waals surface area contributed by atoms with Crippen molar-refractivity contribution in [3.05, 3.63) is 64.7 Å². The van der Waals surface area contributed by atoms with Crippen molar-refractivity contribution in [3.63, 3.8) is 0 Å². The van der Waals surface area contributed by atoms with Gasteiger partial charge in [0.05, 0.1) is 6.67 Å². The number of hydrogen-bond donors (Lipinski definition) is 1. The van der Waals surface area contributed by atoms with Crippen molar-refractivity contribution < 1.29 is 19.0 Å². The average Bonchev–Trinajstić information content (AvgIpc) is 3.05. The van der Waals surface area contributed by atoms with Crippen LogP contribution in [0.5, 0.6) is 11.5 Å². The molecule has 2 aromatic carbocycles. The van der Waals surface area contributed by atoms with Gasteiger partial charge >= 0.3 is 0 Å². The van der Waals surface area contributed by atoms with Gasteiger partial charge in [0, 0.05) is 32.8 Å². The van der Waals surface area contributed by atoms with Crippen molar-refractivity contribution in [1.82, 2.24) is 4.90 Å². The van der Waals surface area contributed by atoms with E-state index in [2.05, 4.69) is 35.2 Å². The molecule has 0 radical (unpaired) electrons. The second-order valence-corrected chi connectivity index (χ2v) is 10.2. The van der Waals surface area contributed by atoms with E-state index >= 15 is 0 Å². The molecule has 2 heterocycles. The van der Waals surface area contributed by atoms with E-state index in [0.717, 1.165) is 77.1 Å². The molecule has 2 aliphatic heterocycles. The lowest BCUT2D eigenvalue weighted by molar-refractivity contribution is 0.142. The number of nitrogens with zero attached hydrogens (tertiary/aromatic N) is 1. The Hall–Kier alpha value is -2.37. The van der Waals surface area contributed by atoms with Gasteiger partial charge < -0.3 is 14.6 Å². The zero-order valence-corrected chi connectivity index (χ0v) is 20.7. The third-order valence-electron chi connectivity index (χ3n) is 7.80. The molecule has 0 aromatic heterocycles. The second kappa shape index (κ2) is 11.6. The zero-order chi connectivity index (χ0) is 24.0. The van der Waals surface area contributed by atoms with Gasteiger partial charge in [0.25, 0.3) is 0 Å². The molecule has 5 heteroatoms. The highest BCUT2D eigenvalue weighted by atomic mass is 19.1. The molecule has 4 nitrogen and oxygen atoms in total. The number of likely N-dealkylation sites (tertiary alicyclic amines) is 1.